The maximum absolute atomic E-state index is 13.0. The molecule has 0 aromatic rings. The van der Waals surface area contributed by atoms with Gasteiger partial charge >= 0.3 is 0 Å². The summed E-state index contributed by atoms with van der Waals surface area (Å²) >= 11 is 0. The van der Waals surface area contributed by atoms with Crippen molar-refractivity contribution in [2.75, 3.05) is 13.1 Å². The largest absolute Gasteiger partial charge is 0.393 e. The van der Waals surface area contributed by atoms with Gasteiger partial charge in [-0.3, -0.25) is 9.59 Å². The van der Waals surface area contributed by atoms with Gasteiger partial charge < -0.3 is 15.3 Å². The van der Waals surface area contributed by atoms with Gasteiger partial charge in [0.25, 0.3) is 0 Å². The number of aliphatic hydroxyl groups excluding tert-OH is 1. The van der Waals surface area contributed by atoms with Crippen LogP contribution < -0.4 is 5.32 Å². The van der Waals surface area contributed by atoms with E-state index in [1.807, 2.05) is 4.90 Å². The zero-order valence-corrected chi connectivity index (χ0v) is 23.2. The van der Waals surface area contributed by atoms with Crippen LogP contribution in [-0.2, 0) is 9.59 Å². The standard InChI is InChI=1S/C31H50N2O3/c1-20(5-10-29(36)33-17-13-23(14-18-33)32-21(2)34)26-8-9-27-25-7-6-22-19-24(35)11-15-30(22,3)28(25)12-16-31(26,27)4/h6,20,23-28,35H,5,7-19H2,1-4H3,(H,32,34)/t20-,24+,25+,26-,27+,28+,30+,31-/m1/s1. The van der Waals surface area contributed by atoms with Crippen LogP contribution >= 0.6 is 0 Å². The zero-order valence-electron chi connectivity index (χ0n) is 23.2. The van der Waals surface area contributed by atoms with E-state index < -0.39 is 0 Å². The number of nitrogens with zero attached hydrogens (tertiary/aromatic N) is 1. The first-order valence-electron chi connectivity index (χ1n) is 15.0. The van der Waals surface area contributed by atoms with Gasteiger partial charge in [-0.05, 0) is 111 Å². The molecular weight excluding hydrogens is 448 g/mol. The number of hydrogen-bond acceptors (Lipinski definition) is 3. The summed E-state index contributed by atoms with van der Waals surface area (Å²) in [5.41, 5.74) is 2.29. The predicted octanol–water partition coefficient (Wildman–Crippen LogP) is 5.47. The van der Waals surface area contributed by atoms with Crippen molar-refractivity contribution in [3.63, 3.8) is 0 Å². The van der Waals surface area contributed by atoms with Crippen LogP contribution in [0.5, 0.6) is 0 Å². The maximum atomic E-state index is 13.0. The summed E-state index contributed by atoms with van der Waals surface area (Å²) in [7, 11) is 0. The van der Waals surface area contributed by atoms with Gasteiger partial charge in [-0.15, -0.1) is 0 Å². The number of aliphatic hydroxyl groups is 1. The van der Waals surface area contributed by atoms with Gasteiger partial charge in [-0.25, -0.2) is 0 Å². The molecule has 1 aliphatic heterocycles. The minimum Gasteiger partial charge on any atom is -0.393 e. The molecular formula is C31H50N2O3. The van der Waals surface area contributed by atoms with Crippen molar-refractivity contribution in [2.24, 2.45) is 40.4 Å². The highest BCUT2D eigenvalue weighted by Gasteiger charge is 2.59. The first kappa shape index (κ1) is 26.3. The summed E-state index contributed by atoms with van der Waals surface area (Å²) in [6.45, 7) is 10.7. The Kier molecular flexibility index (Phi) is 7.35. The number of amides is 2. The molecule has 0 aromatic carbocycles. The molecule has 2 N–H and O–H groups in total. The van der Waals surface area contributed by atoms with Gasteiger partial charge in [0.05, 0.1) is 6.10 Å². The van der Waals surface area contributed by atoms with Gasteiger partial charge in [0.15, 0.2) is 0 Å². The van der Waals surface area contributed by atoms with Crippen molar-refractivity contribution >= 4 is 11.8 Å². The fourth-order valence-electron chi connectivity index (χ4n) is 9.89. The molecule has 5 rings (SSSR count). The van der Waals surface area contributed by atoms with E-state index in [0.717, 1.165) is 75.3 Å². The monoisotopic (exact) mass is 498 g/mol. The number of rotatable bonds is 5. The summed E-state index contributed by atoms with van der Waals surface area (Å²) in [5, 5.41) is 13.3. The number of piperidine rings is 1. The normalized spacial score (nSPS) is 41.5. The zero-order chi connectivity index (χ0) is 25.7. The number of allylic oxidation sites excluding steroid dienone is 1. The van der Waals surface area contributed by atoms with Crippen LogP contribution in [0.1, 0.15) is 105 Å². The fraction of sp³-hybridized carbons (Fsp3) is 0.871. The van der Waals surface area contributed by atoms with E-state index in [2.05, 4.69) is 32.2 Å². The topological polar surface area (TPSA) is 69.6 Å². The van der Waals surface area contributed by atoms with E-state index in [0.29, 0.717) is 29.1 Å². The van der Waals surface area contributed by atoms with Crippen LogP contribution in [0.15, 0.2) is 11.6 Å². The Morgan fingerprint density at radius 1 is 1.08 bits per heavy atom. The second-order valence-electron chi connectivity index (χ2n) is 13.8. The van der Waals surface area contributed by atoms with Crippen molar-refractivity contribution < 1.29 is 14.7 Å². The Balaban J connectivity index is 1.17. The Hall–Kier alpha value is -1.36. The van der Waals surface area contributed by atoms with Crippen molar-refractivity contribution in [1.29, 1.82) is 0 Å². The van der Waals surface area contributed by atoms with Crippen LogP contribution in [0.3, 0.4) is 0 Å². The highest BCUT2D eigenvalue weighted by atomic mass is 16.3. The highest BCUT2D eigenvalue weighted by molar-refractivity contribution is 5.76. The number of nitrogens with one attached hydrogen (secondary N) is 1. The van der Waals surface area contributed by atoms with E-state index in [-0.39, 0.29) is 18.1 Å². The molecule has 5 aliphatic rings. The summed E-state index contributed by atoms with van der Waals surface area (Å²) in [6.07, 6.45) is 15.5. The van der Waals surface area contributed by atoms with Crippen LogP contribution in [-0.4, -0.2) is 47.1 Å². The van der Waals surface area contributed by atoms with Gasteiger partial charge in [0.2, 0.25) is 11.8 Å². The molecule has 0 unspecified atom stereocenters. The third-order valence-corrected chi connectivity index (χ3v) is 11.9. The number of likely N-dealkylation sites (tertiary alicyclic amines) is 1. The second-order valence-corrected chi connectivity index (χ2v) is 13.8. The lowest BCUT2D eigenvalue weighted by Crippen LogP contribution is -2.50. The first-order valence-corrected chi connectivity index (χ1v) is 15.0. The van der Waals surface area contributed by atoms with Gasteiger partial charge in [-0.2, -0.15) is 0 Å². The summed E-state index contributed by atoms with van der Waals surface area (Å²) < 4.78 is 0. The smallest absolute Gasteiger partial charge is 0.222 e. The van der Waals surface area contributed by atoms with Gasteiger partial charge in [0.1, 0.15) is 0 Å². The average Bonchev–Trinajstić information content (AvgIpc) is 3.20. The number of carbonyl (C=O) groups excluding carboxylic acids is 2. The molecule has 202 valence electrons. The van der Waals surface area contributed by atoms with E-state index in [1.54, 1.807) is 12.5 Å². The van der Waals surface area contributed by atoms with Crippen molar-refractivity contribution in [3.8, 4) is 0 Å². The lowest BCUT2D eigenvalue weighted by molar-refractivity contribution is -0.133. The first-order chi connectivity index (χ1) is 17.1. The molecule has 36 heavy (non-hydrogen) atoms. The Morgan fingerprint density at radius 3 is 2.56 bits per heavy atom. The summed E-state index contributed by atoms with van der Waals surface area (Å²) in [4.78, 5) is 26.4. The second kappa shape index (κ2) is 10.1. The third kappa shape index (κ3) is 4.67. The molecule has 1 saturated heterocycles. The molecule has 5 nitrogen and oxygen atoms in total. The van der Waals surface area contributed by atoms with E-state index >= 15 is 0 Å². The summed E-state index contributed by atoms with van der Waals surface area (Å²) in [6, 6.07) is 0.225. The molecule has 3 saturated carbocycles. The lowest BCUT2D eigenvalue weighted by Gasteiger charge is -2.58. The quantitative estimate of drug-likeness (QED) is 0.494. The van der Waals surface area contributed by atoms with Crippen molar-refractivity contribution in [2.45, 2.75) is 117 Å². The molecule has 0 radical (unpaired) electrons. The Morgan fingerprint density at radius 2 is 1.83 bits per heavy atom. The average molecular weight is 499 g/mol. The number of hydrogen-bond donors (Lipinski definition) is 2. The molecule has 4 fully saturated rings. The SMILES string of the molecule is CC(=O)NC1CCN(C(=O)CC[C@@H](C)[C@H]2CC[C@H]3[C@@H]4CC=C5C[C@@H](O)CC[C@]5(C)[C@H]4CC[C@]23C)CC1. The highest BCUT2D eigenvalue weighted by Crippen LogP contribution is 2.67. The van der Waals surface area contributed by atoms with Gasteiger partial charge in [0, 0.05) is 32.5 Å². The van der Waals surface area contributed by atoms with Crippen LogP contribution in [0.4, 0.5) is 0 Å². The molecule has 0 spiro atoms. The Labute approximate surface area is 218 Å². The third-order valence-electron chi connectivity index (χ3n) is 11.9. The molecule has 0 aromatic heterocycles. The summed E-state index contributed by atoms with van der Waals surface area (Å²) in [5.74, 6) is 4.07. The molecule has 1 heterocycles. The number of carbonyl (C=O) groups is 2. The van der Waals surface area contributed by atoms with Crippen LogP contribution in [0, 0.1) is 40.4 Å². The molecule has 0 bridgehead atoms. The fourth-order valence-corrected chi connectivity index (χ4v) is 9.89. The van der Waals surface area contributed by atoms with Crippen LogP contribution in [0.25, 0.3) is 0 Å². The van der Waals surface area contributed by atoms with Crippen LogP contribution in [0.2, 0.25) is 0 Å². The predicted molar refractivity (Wildman–Crippen MR) is 143 cm³/mol. The molecule has 2 amide bonds. The molecule has 5 heteroatoms. The van der Waals surface area contributed by atoms with E-state index in [4.69, 9.17) is 0 Å². The van der Waals surface area contributed by atoms with E-state index in [9.17, 15) is 14.7 Å². The van der Waals surface area contributed by atoms with Crippen molar-refractivity contribution in [1.82, 2.24) is 10.2 Å². The minimum absolute atomic E-state index is 0.0299. The Bertz CT molecular complexity index is 877. The molecule has 8 atom stereocenters. The molecule has 4 aliphatic carbocycles. The lowest BCUT2D eigenvalue weighted by atomic mass is 9.47. The van der Waals surface area contributed by atoms with E-state index in [1.165, 1.54) is 32.1 Å². The number of fused-ring (bicyclic) bond motifs is 5. The van der Waals surface area contributed by atoms with Crippen molar-refractivity contribution in [3.05, 3.63) is 11.6 Å². The maximum Gasteiger partial charge on any atom is 0.222 e. The minimum atomic E-state index is -0.127. The van der Waals surface area contributed by atoms with Gasteiger partial charge in [-0.1, -0.05) is 32.4 Å².